The van der Waals surface area contributed by atoms with E-state index in [1.54, 1.807) is 4.72 Å². The van der Waals surface area contributed by atoms with E-state index in [9.17, 15) is 8.42 Å². The molecule has 0 saturated heterocycles. The molecule has 2 aromatic heterocycles. The number of aromatic nitrogens is 4. The van der Waals surface area contributed by atoms with E-state index in [0.29, 0.717) is 0 Å². The number of nitrogens with zero attached hydrogens (tertiary/aromatic N) is 4. The van der Waals surface area contributed by atoms with Crippen LogP contribution in [0.4, 0.5) is 5.82 Å². The van der Waals surface area contributed by atoms with E-state index in [1.165, 1.54) is 11.6 Å². The average molecular weight is 536 g/mol. The molecule has 0 aliphatic heterocycles. The number of hydrogen-bond acceptors (Lipinski definition) is 8. The van der Waals surface area contributed by atoms with Gasteiger partial charge in [-0.05, 0) is 36.5 Å². The van der Waals surface area contributed by atoms with Gasteiger partial charge in [-0.25, -0.2) is 19.9 Å². The van der Waals surface area contributed by atoms with Crippen LogP contribution in [0.25, 0.3) is 11.1 Å². The largest absolute Gasteiger partial charge is 0.473 e. The third kappa shape index (κ3) is 6.84. The van der Waals surface area contributed by atoms with Crippen molar-refractivity contribution in [3.63, 3.8) is 0 Å². The first-order valence-corrected chi connectivity index (χ1v) is 10.8. The van der Waals surface area contributed by atoms with Crippen LogP contribution in [0.3, 0.4) is 0 Å². The van der Waals surface area contributed by atoms with Gasteiger partial charge in [-0.3, -0.25) is 4.72 Å². The minimum atomic E-state index is -5.14. The Labute approximate surface area is 213 Å². The van der Waals surface area contributed by atoms with Crippen molar-refractivity contribution < 1.29 is 35.7 Å². The van der Waals surface area contributed by atoms with E-state index < -0.39 is 95.6 Å². The highest BCUT2D eigenvalue weighted by Gasteiger charge is 2.19. The van der Waals surface area contributed by atoms with E-state index >= 15 is 0 Å². The molecule has 3 rings (SSSR count). The Bertz CT molecular complexity index is 1710. The molecule has 10 nitrogen and oxygen atoms in total. The van der Waals surface area contributed by atoms with Gasteiger partial charge in [0, 0.05) is 28.8 Å². The minimum Gasteiger partial charge on any atom is -0.473 e. The maximum Gasteiger partial charge on any atom is 0.316 e. The summed E-state index contributed by atoms with van der Waals surface area (Å²) >= 11 is 2.92. The van der Waals surface area contributed by atoms with Crippen molar-refractivity contribution in [1.29, 1.82) is 0 Å². The van der Waals surface area contributed by atoms with Crippen molar-refractivity contribution in [2.45, 2.75) is 20.2 Å². The van der Waals surface area contributed by atoms with Crippen LogP contribution in [-0.2, 0) is 10.2 Å². The fourth-order valence-corrected chi connectivity index (χ4v) is 2.86. The Hall–Kier alpha value is -2.83. The molecular weight excluding hydrogens is 500 g/mol. The van der Waals surface area contributed by atoms with Crippen molar-refractivity contribution in [3.05, 3.63) is 52.9 Å². The van der Waals surface area contributed by atoms with E-state index in [2.05, 4.69) is 35.9 Å². The number of nitrogens with one attached hydrogen (secondary N) is 2. The van der Waals surface area contributed by atoms with Crippen molar-refractivity contribution in [3.8, 4) is 23.0 Å². The molecule has 0 aliphatic rings. The predicted molar refractivity (Wildman–Crippen MR) is 124 cm³/mol. The normalized spacial score (nSPS) is 18.4. The number of rotatable bonds is 11. The molecule has 0 aliphatic carbocycles. The SMILES string of the molecule is [2H]c1nc(NS(=O)(=O)NC([2H])([2H])C([2H])([2H])C)c(-c2c([2H])c([2H])c(Br)c([2H])c2[2H])c(OC([2H])([2H])COc2nc([2H])c(C)c([2H])n2)n1. The third-order valence-electron chi connectivity index (χ3n) is 3.22. The zero-order valence-electron chi connectivity index (χ0n) is 29.4. The second-order valence-corrected chi connectivity index (χ2v) is 7.72. The van der Waals surface area contributed by atoms with Gasteiger partial charge in [0.05, 0.1) is 16.5 Å². The van der Waals surface area contributed by atoms with E-state index in [1.807, 2.05) is 0 Å². The Balaban J connectivity index is 2.20. The summed E-state index contributed by atoms with van der Waals surface area (Å²) in [5, 5.41) is 0. The van der Waals surface area contributed by atoms with E-state index in [0.717, 1.165) is 6.92 Å². The van der Waals surface area contributed by atoms with Gasteiger partial charge in [0.1, 0.15) is 20.8 Å². The molecule has 170 valence electrons. The molecule has 1 aromatic carbocycles. The number of halogens is 1. The Kier molecular flexibility index (Phi) is 4.14. The lowest BCUT2D eigenvalue weighted by atomic mass is 10.1. The topological polar surface area (TPSA) is 128 Å². The zero-order chi connectivity index (χ0) is 34.4. The molecule has 2 N–H and O–H groups in total. The molecule has 0 radical (unpaired) electrons. The number of hydrogen-bond donors (Lipinski definition) is 2. The molecule has 0 spiro atoms. The van der Waals surface area contributed by atoms with Crippen LogP contribution in [-0.4, -0.2) is 48.0 Å². The van der Waals surface area contributed by atoms with Crippen LogP contribution in [0.2, 0.25) is 0 Å². The van der Waals surface area contributed by atoms with Crippen molar-refractivity contribution in [2.75, 3.05) is 24.4 Å². The van der Waals surface area contributed by atoms with Crippen LogP contribution >= 0.6 is 15.9 Å². The van der Waals surface area contributed by atoms with E-state index in [-0.39, 0.29) is 22.4 Å². The number of anilines is 1. The van der Waals surface area contributed by atoms with E-state index in [4.69, 9.17) is 27.3 Å². The first-order chi connectivity index (χ1) is 20.4. The Morgan fingerprint density at radius 1 is 1.12 bits per heavy atom. The molecule has 32 heavy (non-hydrogen) atoms. The Morgan fingerprint density at radius 2 is 1.84 bits per heavy atom. The molecule has 12 heteroatoms. The smallest absolute Gasteiger partial charge is 0.316 e. The van der Waals surface area contributed by atoms with Crippen LogP contribution in [0.15, 0.2) is 47.3 Å². The lowest BCUT2D eigenvalue weighted by Crippen LogP contribution is -2.31. The summed E-state index contributed by atoms with van der Waals surface area (Å²) in [4.78, 5) is 14.6. The molecule has 0 amide bonds. The highest BCUT2D eigenvalue weighted by molar-refractivity contribution is 9.10. The van der Waals surface area contributed by atoms with Crippen molar-refractivity contribution >= 4 is 32.0 Å². The zero-order valence-corrected chi connectivity index (χ0v) is 18.8. The van der Waals surface area contributed by atoms with Gasteiger partial charge in [-0.15, -0.1) is 0 Å². The molecule has 0 bridgehead atoms. The summed E-state index contributed by atoms with van der Waals surface area (Å²) in [7, 11) is -5.14. The van der Waals surface area contributed by atoms with Crippen LogP contribution in [0.5, 0.6) is 11.9 Å². The lowest BCUT2D eigenvalue weighted by molar-refractivity contribution is 0.202. The van der Waals surface area contributed by atoms with Gasteiger partial charge >= 0.3 is 6.01 Å². The maximum atomic E-state index is 12.9. The molecule has 3 aromatic rings. The maximum absolute atomic E-state index is 12.9. The third-order valence-corrected chi connectivity index (χ3v) is 4.45. The van der Waals surface area contributed by atoms with Crippen molar-refractivity contribution in [1.82, 2.24) is 24.7 Å². The summed E-state index contributed by atoms with van der Waals surface area (Å²) in [6.07, 6.45) is -4.50. The van der Waals surface area contributed by atoms with Crippen molar-refractivity contribution in [2.24, 2.45) is 0 Å². The molecule has 2 heterocycles. The fourth-order valence-electron chi connectivity index (χ4n) is 1.97. The van der Waals surface area contributed by atoms with Gasteiger partial charge < -0.3 is 9.47 Å². The van der Waals surface area contributed by atoms with Gasteiger partial charge in [0.25, 0.3) is 10.2 Å². The summed E-state index contributed by atoms with van der Waals surface area (Å²) in [6, 6.07) is -3.49. The first-order valence-electron chi connectivity index (χ1n) is 15.0. The fraction of sp³-hybridized carbons (Fsp3) is 0.300. The van der Waals surface area contributed by atoms with Crippen LogP contribution in [0.1, 0.15) is 36.7 Å². The average Bonchev–Trinajstić information content (AvgIpc) is 2.87. The van der Waals surface area contributed by atoms with Crippen LogP contribution < -0.4 is 18.9 Å². The van der Waals surface area contributed by atoms with Gasteiger partial charge in [0.2, 0.25) is 5.88 Å². The number of ether oxygens (including phenoxy) is 2. The monoisotopic (exact) mass is 535 g/mol. The standard InChI is InChI=1S/C20H23BrN6O4S/c1-3-8-26-32(28,29)27-18-17(15-4-6-16(21)7-5-15)19(25-13-24-18)30-9-10-31-20-22-11-14(2)12-23-20/h4-7,11-13,26H,3,8-10H2,1-2H3,(H,24,25,27)/i3D2,4D,5D,6D,7D,8D2,9D2,11D,12D,13D. The number of benzene rings is 1. The lowest BCUT2D eigenvalue weighted by Gasteiger charge is -2.15. The highest BCUT2D eigenvalue weighted by atomic mass is 79.9. The van der Waals surface area contributed by atoms with Gasteiger partial charge in [0.15, 0.2) is 5.82 Å². The second kappa shape index (κ2) is 11.2. The summed E-state index contributed by atoms with van der Waals surface area (Å²) in [5.41, 5.74) is -1.40. The predicted octanol–water partition coefficient (Wildman–Crippen LogP) is 3.12. The van der Waals surface area contributed by atoms with Gasteiger partial charge in [-0.1, -0.05) is 34.9 Å². The molecule has 0 unspecified atom stereocenters. The highest BCUT2D eigenvalue weighted by Crippen LogP contribution is 2.34. The molecule has 0 atom stereocenters. The summed E-state index contributed by atoms with van der Waals surface area (Å²) in [6.45, 7) is -5.04. The summed E-state index contributed by atoms with van der Waals surface area (Å²) in [5.74, 6) is -1.96. The first kappa shape index (κ1) is 11.9. The van der Waals surface area contributed by atoms with Crippen LogP contribution in [0, 0.1) is 6.92 Å². The molecular formula is C20H23BrN6O4S. The van der Waals surface area contributed by atoms with Gasteiger partial charge in [-0.2, -0.15) is 13.1 Å². The Morgan fingerprint density at radius 3 is 2.53 bits per heavy atom. The minimum absolute atomic E-state index is 0.122. The second-order valence-electron chi connectivity index (χ2n) is 5.51. The molecule has 0 fully saturated rings. The quantitative estimate of drug-likeness (QED) is 0.383. The summed E-state index contributed by atoms with van der Waals surface area (Å²) < 4.78 is 143. The molecule has 0 saturated carbocycles.